The fraction of sp³-hybridized carbons (Fsp3) is 0.200. The molecular weight excluding hydrogens is 342 g/mol. The number of benzene rings is 3. The van der Waals surface area contributed by atoms with Crippen LogP contribution in [-0.4, -0.2) is 10.2 Å². The van der Waals surface area contributed by atoms with E-state index < -0.39 is 0 Å². The lowest BCUT2D eigenvalue weighted by molar-refractivity contribution is 1.01. The number of nitrogens with zero attached hydrogens (tertiary/aromatic N) is 2. The van der Waals surface area contributed by atoms with Crippen molar-refractivity contribution in [3.05, 3.63) is 88.5 Å². The molecule has 3 aromatic carbocycles. The van der Waals surface area contributed by atoms with Gasteiger partial charge in [-0.25, -0.2) is 0 Å². The van der Waals surface area contributed by atoms with Crippen LogP contribution >= 0.6 is 0 Å². The Hall–Kier alpha value is -3.20. The van der Waals surface area contributed by atoms with Gasteiger partial charge in [0.25, 0.3) is 0 Å². The molecule has 140 valence electrons. The van der Waals surface area contributed by atoms with Crippen LogP contribution in [0, 0.1) is 27.7 Å². The third-order valence-corrected chi connectivity index (χ3v) is 5.31. The van der Waals surface area contributed by atoms with E-state index in [1.165, 1.54) is 33.4 Å². The topological polar surface area (TPSA) is 37.8 Å². The number of hydrogen-bond acceptors (Lipinski definition) is 3. The molecule has 1 N–H and O–H groups in total. The molecule has 1 aromatic heterocycles. The van der Waals surface area contributed by atoms with Crippen LogP contribution in [0.4, 0.5) is 5.82 Å². The molecule has 0 fully saturated rings. The second-order valence-electron chi connectivity index (χ2n) is 7.50. The molecule has 0 bridgehead atoms. The van der Waals surface area contributed by atoms with Crippen molar-refractivity contribution in [2.45, 2.75) is 34.2 Å². The van der Waals surface area contributed by atoms with E-state index in [0.717, 1.165) is 28.8 Å². The van der Waals surface area contributed by atoms with Gasteiger partial charge in [-0.2, -0.15) is 0 Å². The van der Waals surface area contributed by atoms with Gasteiger partial charge in [0.1, 0.15) is 5.69 Å². The average molecular weight is 367 g/mol. The highest BCUT2D eigenvalue weighted by Gasteiger charge is 2.15. The second kappa shape index (κ2) is 7.43. The average Bonchev–Trinajstić information content (AvgIpc) is 2.67. The standard InChI is InChI=1S/C25H25N3/c1-16-13-18(3)23(19(4)14-16)24-21-11-7-8-12-22(21)25(28-27-24)26-15-20-10-6-5-9-17(20)2/h5-14H,15H2,1-4H3,(H,26,28). The Morgan fingerprint density at radius 3 is 2.07 bits per heavy atom. The number of nitrogens with one attached hydrogen (secondary N) is 1. The highest BCUT2D eigenvalue weighted by atomic mass is 15.2. The Bertz CT molecular complexity index is 1140. The van der Waals surface area contributed by atoms with Crippen molar-refractivity contribution in [2.75, 3.05) is 5.32 Å². The van der Waals surface area contributed by atoms with Gasteiger partial charge in [-0.3, -0.25) is 0 Å². The summed E-state index contributed by atoms with van der Waals surface area (Å²) < 4.78 is 0. The van der Waals surface area contributed by atoms with Crippen molar-refractivity contribution in [1.29, 1.82) is 0 Å². The third kappa shape index (κ3) is 3.36. The molecule has 0 amide bonds. The monoisotopic (exact) mass is 367 g/mol. The maximum atomic E-state index is 4.65. The SMILES string of the molecule is Cc1cc(C)c(-c2nnc(NCc3ccccc3C)c3ccccc23)c(C)c1. The molecule has 4 aromatic rings. The first-order valence-corrected chi connectivity index (χ1v) is 9.66. The normalized spacial score (nSPS) is 11.0. The number of aryl methyl sites for hydroxylation is 4. The quantitative estimate of drug-likeness (QED) is 0.470. The van der Waals surface area contributed by atoms with E-state index >= 15 is 0 Å². The predicted molar refractivity (Wildman–Crippen MR) is 118 cm³/mol. The molecule has 0 aliphatic rings. The summed E-state index contributed by atoms with van der Waals surface area (Å²) in [4.78, 5) is 0. The molecule has 0 aliphatic heterocycles. The summed E-state index contributed by atoms with van der Waals surface area (Å²) in [6.45, 7) is 9.29. The van der Waals surface area contributed by atoms with Crippen LogP contribution in [0.25, 0.3) is 22.0 Å². The van der Waals surface area contributed by atoms with Crippen molar-refractivity contribution in [1.82, 2.24) is 10.2 Å². The first-order chi connectivity index (χ1) is 13.5. The maximum absolute atomic E-state index is 4.65. The van der Waals surface area contributed by atoms with Crippen molar-refractivity contribution in [3.63, 3.8) is 0 Å². The summed E-state index contributed by atoms with van der Waals surface area (Å²) >= 11 is 0. The van der Waals surface area contributed by atoms with Crippen LogP contribution in [0.2, 0.25) is 0 Å². The lowest BCUT2D eigenvalue weighted by Crippen LogP contribution is -2.06. The lowest BCUT2D eigenvalue weighted by atomic mass is 9.94. The second-order valence-corrected chi connectivity index (χ2v) is 7.50. The van der Waals surface area contributed by atoms with Crippen molar-refractivity contribution in [2.24, 2.45) is 0 Å². The largest absolute Gasteiger partial charge is 0.364 e. The van der Waals surface area contributed by atoms with Crippen molar-refractivity contribution in [3.8, 4) is 11.3 Å². The Kier molecular flexibility index (Phi) is 4.82. The number of aromatic nitrogens is 2. The molecule has 0 spiro atoms. The summed E-state index contributed by atoms with van der Waals surface area (Å²) in [6.07, 6.45) is 0. The summed E-state index contributed by atoms with van der Waals surface area (Å²) in [5.41, 5.74) is 8.41. The highest BCUT2D eigenvalue weighted by molar-refractivity contribution is 6.00. The molecular formula is C25H25N3. The highest BCUT2D eigenvalue weighted by Crippen LogP contribution is 2.34. The molecule has 3 heteroatoms. The van der Waals surface area contributed by atoms with Crippen LogP contribution in [0.5, 0.6) is 0 Å². The predicted octanol–water partition coefficient (Wildman–Crippen LogP) is 6.14. The number of fused-ring (bicyclic) bond motifs is 1. The van der Waals surface area contributed by atoms with Gasteiger partial charge in [0.2, 0.25) is 0 Å². The lowest BCUT2D eigenvalue weighted by Gasteiger charge is -2.15. The van der Waals surface area contributed by atoms with E-state index in [2.05, 4.69) is 104 Å². The summed E-state index contributed by atoms with van der Waals surface area (Å²) in [7, 11) is 0. The Morgan fingerprint density at radius 2 is 1.36 bits per heavy atom. The Morgan fingerprint density at radius 1 is 0.714 bits per heavy atom. The van der Waals surface area contributed by atoms with E-state index in [0.29, 0.717) is 0 Å². The minimum atomic E-state index is 0.729. The molecule has 0 unspecified atom stereocenters. The molecule has 28 heavy (non-hydrogen) atoms. The van der Waals surface area contributed by atoms with E-state index in [1.807, 2.05) is 0 Å². The van der Waals surface area contributed by atoms with Gasteiger partial charge in [-0.05, 0) is 49.9 Å². The number of hydrogen-bond donors (Lipinski definition) is 1. The zero-order chi connectivity index (χ0) is 19.7. The van der Waals surface area contributed by atoms with E-state index in [1.54, 1.807) is 0 Å². The van der Waals surface area contributed by atoms with Gasteiger partial charge in [0.15, 0.2) is 5.82 Å². The minimum Gasteiger partial charge on any atom is -0.364 e. The molecule has 0 aliphatic carbocycles. The van der Waals surface area contributed by atoms with Crippen LogP contribution < -0.4 is 5.32 Å². The van der Waals surface area contributed by atoms with Gasteiger partial charge < -0.3 is 5.32 Å². The fourth-order valence-electron chi connectivity index (χ4n) is 3.96. The Balaban J connectivity index is 1.79. The number of anilines is 1. The number of rotatable bonds is 4. The molecule has 0 radical (unpaired) electrons. The first-order valence-electron chi connectivity index (χ1n) is 9.66. The van der Waals surface area contributed by atoms with Crippen LogP contribution in [0.15, 0.2) is 60.7 Å². The zero-order valence-corrected chi connectivity index (χ0v) is 16.9. The van der Waals surface area contributed by atoms with E-state index in [4.69, 9.17) is 0 Å². The minimum absolute atomic E-state index is 0.729. The summed E-state index contributed by atoms with van der Waals surface area (Å²) in [6, 6.07) is 21.2. The van der Waals surface area contributed by atoms with Gasteiger partial charge in [0, 0.05) is 22.9 Å². The summed E-state index contributed by atoms with van der Waals surface area (Å²) in [5, 5.41) is 14.9. The zero-order valence-electron chi connectivity index (χ0n) is 16.9. The first kappa shape index (κ1) is 18.2. The van der Waals surface area contributed by atoms with E-state index in [9.17, 15) is 0 Å². The maximum Gasteiger partial charge on any atom is 0.156 e. The fourth-order valence-corrected chi connectivity index (χ4v) is 3.96. The summed E-state index contributed by atoms with van der Waals surface area (Å²) in [5.74, 6) is 0.824. The Labute approximate surface area is 166 Å². The van der Waals surface area contributed by atoms with Gasteiger partial charge in [0.05, 0.1) is 0 Å². The third-order valence-electron chi connectivity index (χ3n) is 5.31. The molecule has 0 saturated carbocycles. The van der Waals surface area contributed by atoms with Gasteiger partial charge in [-0.1, -0.05) is 66.2 Å². The molecule has 3 nitrogen and oxygen atoms in total. The molecule has 1 heterocycles. The van der Waals surface area contributed by atoms with Crippen LogP contribution in [-0.2, 0) is 6.54 Å². The smallest absolute Gasteiger partial charge is 0.156 e. The van der Waals surface area contributed by atoms with E-state index in [-0.39, 0.29) is 0 Å². The van der Waals surface area contributed by atoms with Gasteiger partial charge >= 0.3 is 0 Å². The van der Waals surface area contributed by atoms with Crippen molar-refractivity contribution < 1.29 is 0 Å². The molecule has 0 saturated heterocycles. The molecule has 4 rings (SSSR count). The van der Waals surface area contributed by atoms with Crippen LogP contribution in [0.1, 0.15) is 27.8 Å². The van der Waals surface area contributed by atoms with Gasteiger partial charge in [-0.15, -0.1) is 10.2 Å². The van der Waals surface area contributed by atoms with Crippen LogP contribution in [0.3, 0.4) is 0 Å². The van der Waals surface area contributed by atoms with Crippen molar-refractivity contribution >= 4 is 16.6 Å². The molecule has 0 atom stereocenters.